The highest BCUT2D eigenvalue weighted by molar-refractivity contribution is 7.90. The third-order valence-electron chi connectivity index (χ3n) is 9.20. The van der Waals surface area contributed by atoms with Crippen LogP contribution in [0.15, 0.2) is 60.7 Å². The largest absolute Gasteiger partial charge is 0.496 e. The van der Waals surface area contributed by atoms with Crippen molar-refractivity contribution in [2.45, 2.75) is 36.7 Å². The van der Waals surface area contributed by atoms with E-state index in [-0.39, 0.29) is 56.9 Å². The van der Waals surface area contributed by atoms with Gasteiger partial charge < -0.3 is 58.2 Å². The third-order valence-corrected chi connectivity index (χ3v) is 12.4. The van der Waals surface area contributed by atoms with Gasteiger partial charge in [-0.2, -0.15) is 0 Å². The zero-order valence-electron chi connectivity index (χ0n) is 34.8. The number of hydrogen-bond donors (Lipinski definition) is 3. The van der Waals surface area contributed by atoms with E-state index in [0.717, 1.165) is 0 Å². The molecule has 0 radical (unpaired) electrons. The van der Waals surface area contributed by atoms with Gasteiger partial charge in [-0.25, -0.2) is 21.6 Å². The number of carbonyl (C=O) groups excluding carboxylic acids is 1. The number of rotatable bonds is 22. The monoisotopic (exact) mass is 877 g/mol. The van der Waals surface area contributed by atoms with E-state index in [9.17, 15) is 31.8 Å². The topological polar surface area (TPSA) is 221 Å². The minimum atomic E-state index is -4.00. The molecule has 19 heteroatoms. The van der Waals surface area contributed by atoms with E-state index >= 15 is 0 Å². The van der Waals surface area contributed by atoms with Gasteiger partial charge >= 0.3 is 5.97 Å². The maximum Gasteiger partial charge on any atom is 0.333 e. The molecule has 0 aliphatic heterocycles. The van der Waals surface area contributed by atoms with E-state index in [1.54, 1.807) is 6.07 Å². The van der Waals surface area contributed by atoms with Gasteiger partial charge in [-0.3, -0.25) is 0 Å². The maximum atomic E-state index is 13.4. The second-order valence-electron chi connectivity index (χ2n) is 13.3. The molecule has 0 heterocycles. The van der Waals surface area contributed by atoms with Crippen LogP contribution in [0.5, 0.6) is 51.7 Å². The van der Waals surface area contributed by atoms with E-state index in [2.05, 4.69) is 5.32 Å². The first-order valence-electron chi connectivity index (χ1n) is 18.1. The summed E-state index contributed by atoms with van der Waals surface area (Å²) in [5.74, 6) is -1.32. The summed E-state index contributed by atoms with van der Waals surface area (Å²) < 4.78 is 102. The summed E-state index contributed by atoms with van der Waals surface area (Å²) in [5.41, 5.74) is 1.10. The molecule has 3 atom stereocenters. The minimum absolute atomic E-state index is 0.0709. The van der Waals surface area contributed by atoms with Crippen molar-refractivity contribution in [3.05, 3.63) is 82.9 Å². The fraction of sp³-hybridized carbons (Fsp3) is 0.390. The van der Waals surface area contributed by atoms with Crippen molar-refractivity contribution in [3.63, 3.8) is 0 Å². The normalized spacial score (nSPS) is 13.0. The van der Waals surface area contributed by atoms with Crippen LogP contribution < -0.4 is 47.9 Å². The fourth-order valence-electron chi connectivity index (χ4n) is 6.33. The summed E-state index contributed by atoms with van der Waals surface area (Å²) in [6.07, 6.45) is -3.03. The highest BCUT2D eigenvalue weighted by Crippen LogP contribution is 2.41. The molecule has 4 aromatic carbocycles. The number of benzene rings is 4. The van der Waals surface area contributed by atoms with Crippen molar-refractivity contribution >= 4 is 31.3 Å². The van der Waals surface area contributed by atoms with E-state index in [0.29, 0.717) is 22.8 Å². The Kier molecular flexibility index (Phi) is 16.1. The molecular formula is C41H51NO16S2. The van der Waals surface area contributed by atoms with Crippen LogP contribution in [-0.4, -0.2) is 107 Å². The van der Waals surface area contributed by atoms with Gasteiger partial charge in [0.1, 0.15) is 58.5 Å². The molecule has 3 N–H and O–H groups in total. The average Bonchev–Trinajstić information content (AvgIpc) is 3.21. The number of esters is 1. The number of ether oxygens (including phenoxy) is 9. The van der Waals surface area contributed by atoms with Gasteiger partial charge in [0.2, 0.25) is 0 Å². The summed E-state index contributed by atoms with van der Waals surface area (Å²) in [7, 11) is 3.16. The number of anilines is 1. The van der Waals surface area contributed by atoms with Gasteiger partial charge in [0.25, 0.3) is 0 Å². The quantitative estimate of drug-likeness (QED) is 0.0733. The van der Waals surface area contributed by atoms with Crippen LogP contribution in [0.2, 0.25) is 0 Å². The smallest absolute Gasteiger partial charge is 0.333 e. The summed E-state index contributed by atoms with van der Waals surface area (Å²) in [6, 6.07) is 13.8. The predicted molar refractivity (Wildman–Crippen MR) is 222 cm³/mol. The lowest BCUT2D eigenvalue weighted by Crippen LogP contribution is -2.30. The highest BCUT2D eigenvalue weighted by Gasteiger charge is 2.29. The van der Waals surface area contributed by atoms with Crippen molar-refractivity contribution in [3.8, 4) is 51.7 Å². The van der Waals surface area contributed by atoms with Crippen LogP contribution >= 0.6 is 0 Å². The lowest BCUT2D eigenvalue weighted by atomic mass is 10.1. The highest BCUT2D eigenvalue weighted by atomic mass is 32.2. The Hall–Kier alpha value is -5.63. The third kappa shape index (κ3) is 11.8. The Morgan fingerprint density at radius 3 is 1.30 bits per heavy atom. The second-order valence-corrected chi connectivity index (χ2v) is 17.6. The standard InChI is InChI=1S/C41H51NO16S2/c1-24(42-29-14-25(10-12-32(29)52-4)20-59(46,47)22-30(43)39-35(54-6)16-27(50-2)17-36(39)55-7)41(45)58-34-15-26(11-13-33(34)53-5)21-60(48,49)23-31(44)40-37(56-8)18-28(51-3)19-38(40)57-9/h10-19,24,30-31,42-44H,20-23H2,1-9H3. The lowest BCUT2D eigenvalue weighted by molar-refractivity contribution is -0.135. The Morgan fingerprint density at radius 2 is 0.917 bits per heavy atom. The van der Waals surface area contributed by atoms with Crippen LogP contribution in [0.1, 0.15) is 41.4 Å². The molecule has 60 heavy (non-hydrogen) atoms. The van der Waals surface area contributed by atoms with Gasteiger partial charge in [0, 0.05) is 24.3 Å². The molecule has 0 bridgehead atoms. The van der Waals surface area contributed by atoms with Gasteiger partial charge in [0.15, 0.2) is 31.2 Å². The minimum Gasteiger partial charge on any atom is -0.496 e. The number of methoxy groups -OCH3 is 8. The molecule has 17 nitrogen and oxygen atoms in total. The molecule has 0 fully saturated rings. The fourth-order valence-corrected chi connectivity index (χ4v) is 9.24. The Morgan fingerprint density at radius 1 is 0.533 bits per heavy atom. The first kappa shape index (κ1) is 47.1. The Balaban J connectivity index is 1.48. The molecule has 0 spiro atoms. The summed E-state index contributed by atoms with van der Waals surface area (Å²) in [5, 5.41) is 25.1. The Labute approximate surface area is 349 Å². The van der Waals surface area contributed by atoms with E-state index < -0.39 is 66.9 Å². The van der Waals surface area contributed by atoms with Crippen molar-refractivity contribution in [1.29, 1.82) is 0 Å². The summed E-state index contributed by atoms with van der Waals surface area (Å²) >= 11 is 0. The molecule has 328 valence electrons. The van der Waals surface area contributed by atoms with Crippen LogP contribution in [0, 0.1) is 0 Å². The van der Waals surface area contributed by atoms with Gasteiger partial charge in [-0.15, -0.1) is 0 Å². The van der Waals surface area contributed by atoms with E-state index in [1.807, 2.05) is 0 Å². The summed E-state index contributed by atoms with van der Waals surface area (Å²) in [4.78, 5) is 13.4. The van der Waals surface area contributed by atoms with Gasteiger partial charge in [-0.05, 0) is 42.3 Å². The Bertz CT molecular complexity index is 2300. The van der Waals surface area contributed by atoms with Crippen LogP contribution in [-0.2, 0) is 36.0 Å². The first-order valence-corrected chi connectivity index (χ1v) is 21.8. The van der Waals surface area contributed by atoms with Crippen LogP contribution in [0.3, 0.4) is 0 Å². The SMILES string of the molecule is COc1cc(OC)c(C(O)CS(=O)(=O)Cc2ccc(OC)c(NC(C)C(=O)Oc3cc(CS(=O)(=O)CC(O)c4c(OC)cc(OC)cc4OC)ccc3OC)c2)c(OC)c1. The lowest BCUT2D eigenvalue weighted by Gasteiger charge is -2.20. The van der Waals surface area contributed by atoms with Crippen molar-refractivity contribution in [1.82, 2.24) is 0 Å². The second kappa shape index (κ2) is 20.6. The van der Waals surface area contributed by atoms with Crippen molar-refractivity contribution < 1.29 is 74.5 Å². The number of aliphatic hydroxyl groups excluding tert-OH is 2. The van der Waals surface area contributed by atoms with E-state index in [4.69, 9.17) is 42.6 Å². The molecule has 0 amide bonds. The zero-order valence-corrected chi connectivity index (χ0v) is 36.4. The molecule has 4 rings (SSSR count). The molecular weight excluding hydrogens is 827 g/mol. The van der Waals surface area contributed by atoms with Gasteiger partial charge in [-0.1, -0.05) is 12.1 Å². The van der Waals surface area contributed by atoms with E-state index in [1.165, 1.54) is 118 Å². The molecule has 0 aliphatic carbocycles. The molecule has 4 aromatic rings. The number of carbonyl (C=O) groups is 1. The molecule has 0 aliphatic rings. The maximum absolute atomic E-state index is 13.4. The van der Waals surface area contributed by atoms with Crippen LogP contribution in [0.25, 0.3) is 0 Å². The molecule has 0 saturated heterocycles. The van der Waals surface area contributed by atoms with Crippen molar-refractivity contribution in [2.24, 2.45) is 0 Å². The predicted octanol–water partition coefficient (Wildman–Crippen LogP) is 4.46. The van der Waals surface area contributed by atoms with Gasteiger partial charge in [0.05, 0.1) is 96.7 Å². The van der Waals surface area contributed by atoms with Crippen LogP contribution in [0.4, 0.5) is 5.69 Å². The average molecular weight is 878 g/mol. The number of sulfone groups is 2. The number of aliphatic hydroxyl groups is 2. The zero-order chi connectivity index (χ0) is 44.4. The molecule has 0 saturated carbocycles. The number of hydrogen-bond acceptors (Lipinski definition) is 17. The molecule has 0 aromatic heterocycles. The summed E-state index contributed by atoms with van der Waals surface area (Å²) in [6.45, 7) is 1.50. The van der Waals surface area contributed by atoms with Crippen molar-refractivity contribution in [2.75, 3.05) is 73.7 Å². The first-order chi connectivity index (χ1) is 28.4. The number of nitrogens with one attached hydrogen (secondary N) is 1. The molecule has 3 unspecified atom stereocenters.